The zero-order chi connectivity index (χ0) is 16.7. The highest BCUT2D eigenvalue weighted by Gasteiger charge is 2.15. The van der Waals surface area contributed by atoms with E-state index in [1.54, 1.807) is 12.1 Å². The van der Waals surface area contributed by atoms with Gasteiger partial charge in [-0.3, -0.25) is 4.79 Å². The van der Waals surface area contributed by atoms with Crippen LogP contribution in [0.2, 0.25) is 0 Å². The number of ether oxygens (including phenoxy) is 1. The number of aryl methyl sites for hydroxylation is 1. The van der Waals surface area contributed by atoms with E-state index < -0.39 is 6.61 Å². The third kappa shape index (κ3) is 6.14. The Morgan fingerprint density at radius 2 is 2.13 bits per heavy atom. The molecule has 2 N–H and O–H groups in total. The number of carbonyl (C=O) groups is 1. The van der Waals surface area contributed by atoms with Crippen molar-refractivity contribution >= 4 is 5.91 Å². The van der Waals surface area contributed by atoms with E-state index in [1.165, 1.54) is 6.07 Å². The van der Waals surface area contributed by atoms with Crippen LogP contribution in [0.3, 0.4) is 0 Å². The lowest BCUT2D eigenvalue weighted by Gasteiger charge is -2.22. The number of benzene rings is 1. The molecule has 0 aromatic heterocycles. The first-order valence-corrected chi connectivity index (χ1v) is 8.06. The first kappa shape index (κ1) is 17.7. The molecular formula is C17H24F2N2O2. The van der Waals surface area contributed by atoms with Crippen LogP contribution < -0.4 is 15.4 Å². The van der Waals surface area contributed by atoms with Crippen molar-refractivity contribution < 1.29 is 18.3 Å². The molecule has 0 aliphatic carbocycles. The van der Waals surface area contributed by atoms with E-state index in [2.05, 4.69) is 15.4 Å². The lowest BCUT2D eigenvalue weighted by atomic mass is 9.93. The largest absolute Gasteiger partial charge is 0.434 e. The molecule has 1 fully saturated rings. The van der Waals surface area contributed by atoms with Crippen LogP contribution in [0.1, 0.15) is 36.8 Å². The Labute approximate surface area is 135 Å². The fourth-order valence-electron chi connectivity index (χ4n) is 2.85. The molecular weight excluding hydrogens is 302 g/mol. The minimum absolute atomic E-state index is 0.0481. The molecule has 4 nitrogen and oxygen atoms in total. The van der Waals surface area contributed by atoms with Crippen LogP contribution >= 0.6 is 0 Å². The van der Waals surface area contributed by atoms with Crippen LogP contribution in [-0.2, 0) is 11.3 Å². The number of alkyl halides is 2. The Hall–Kier alpha value is -1.69. The van der Waals surface area contributed by atoms with Crippen molar-refractivity contribution in [3.05, 3.63) is 29.3 Å². The first-order valence-electron chi connectivity index (χ1n) is 8.06. The molecule has 0 radical (unpaired) electrons. The van der Waals surface area contributed by atoms with Gasteiger partial charge < -0.3 is 15.4 Å². The zero-order valence-corrected chi connectivity index (χ0v) is 13.4. The molecule has 0 bridgehead atoms. The van der Waals surface area contributed by atoms with Gasteiger partial charge in [-0.2, -0.15) is 8.78 Å². The third-order valence-electron chi connectivity index (χ3n) is 4.15. The van der Waals surface area contributed by atoms with Gasteiger partial charge in [0, 0.05) is 18.5 Å². The van der Waals surface area contributed by atoms with Crippen LogP contribution in [0.15, 0.2) is 18.2 Å². The van der Waals surface area contributed by atoms with Crippen molar-refractivity contribution in [1.82, 2.24) is 10.6 Å². The third-order valence-corrected chi connectivity index (χ3v) is 4.15. The van der Waals surface area contributed by atoms with Gasteiger partial charge in [0.2, 0.25) is 5.91 Å². The summed E-state index contributed by atoms with van der Waals surface area (Å²) in [5, 5.41) is 6.10. The predicted molar refractivity (Wildman–Crippen MR) is 84.5 cm³/mol. The molecule has 1 amide bonds. The number of hydrogen-bond acceptors (Lipinski definition) is 3. The summed E-state index contributed by atoms with van der Waals surface area (Å²) in [6, 6.07) is 4.98. The van der Waals surface area contributed by atoms with Gasteiger partial charge in [0.15, 0.2) is 0 Å². The highest BCUT2D eigenvalue weighted by atomic mass is 19.3. The quantitative estimate of drug-likeness (QED) is 0.810. The summed E-state index contributed by atoms with van der Waals surface area (Å²) >= 11 is 0. The molecule has 0 spiro atoms. The van der Waals surface area contributed by atoms with E-state index >= 15 is 0 Å². The van der Waals surface area contributed by atoms with Gasteiger partial charge in [-0.1, -0.05) is 17.7 Å². The smallest absolute Gasteiger partial charge is 0.387 e. The van der Waals surface area contributed by atoms with Crippen molar-refractivity contribution in [2.45, 2.75) is 45.8 Å². The summed E-state index contributed by atoms with van der Waals surface area (Å²) in [5.74, 6) is 0.663. The Balaban J connectivity index is 1.82. The number of amides is 1. The van der Waals surface area contributed by atoms with E-state index in [9.17, 15) is 13.6 Å². The van der Waals surface area contributed by atoms with E-state index in [1.807, 2.05) is 6.92 Å². The summed E-state index contributed by atoms with van der Waals surface area (Å²) in [7, 11) is 0. The van der Waals surface area contributed by atoms with Crippen LogP contribution in [0.5, 0.6) is 5.75 Å². The minimum Gasteiger partial charge on any atom is -0.434 e. The summed E-state index contributed by atoms with van der Waals surface area (Å²) in [6.07, 6.45) is 3.57. The fraction of sp³-hybridized carbons (Fsp3) is 0.588. The Morgan fingerprint density at radius 1 is 1.39 bits per heavy atom. The molecule has 6 heteroatoms. The first-order chi connectivity index (χ1) is 11.0. The summed E-state index contributed by atoms with van der Waals surface area (Å²) in [6.45, 7) is 1.24. The maximum absolute atomic E-state index is 12.4. The molecule has 1 saturated heterocycles. The molecule has 128 valence electrons. The molecule has 23 heavy (non-hydrogen) atoms. The van der Waals surface area contributed by atoms with Crippen LogP contribution in [0, 0.1) is 12.8 Å². The second-order valence-corrected chi connectivity index (χ2v) is 6.00. The number of piperidine rings is 1. The number of carbonyl (C=O) groups excluding carboxylic acids is 1. The van der Waals surface area contributed by atoms with Gasteiger partial charge in [-0.05, 0) is 51.3 Å². The van der Waals surface area contributed by atoms with Crippen molar-refractivity contribution in [2.75, 3.05) is 13.1 Å². The molecule has 0 unspecified atom stereocenters. The molecule has 2 rings (SSSR count). The van der Waals surface area contributed by atoms with Crippen molar-refractivity contribution in [3.8, 4) is 5.75 Å². The van der Waals surface area contributed by atoms with Gasteiger partial charge in [0.1, 0.15) is 5.75 Å². The minimum atomic E-state index is -2.87. The Morgan fingerprint density at radius 3 is 2.83 bits per heavy atom. The lowest BCUT2D eigenvalue weighted by Crippen LogP contribution is -2.29. The Kier molecular flexibility index (Phi) is 6.77. The summed E-state index contributed by atoms with van der Waals surface area (Å²) < 4.78 is 29.3. The second kappa shape index (κ2) is 8.82. The average Bonchev–Trinajstić information content (AvgIpc) is 2.53. The van der Waals surface area contributed by atoms with Crippen LogP contribution in [0.4, 0.5) is 8.78 Å². The molecule has 1 aliphatic heterocycles. The van der Waals surface area contributed by atoms with Crippen molar-refractivity contribution in [2.24, 2.45) is 5.92 Å². The molecule has 1 aliphatic rings. The van der Waals surface area contributed by atoms with E-state index in [0.29, 0.717) is 17.9 Å². The monoisotopic (exact) mass is 326 g/mol. The van der Waals surface area contributed by atoms with Crippen LogP contribution in [-0.4, -0.2) is 25.6 Å². The van der Waals surface area contributed by atoms with Gasteiger partial charge >= 0.3 is 6.61 Å². The van der Waals surface area contributed by atoms with Gasteiger partial charge in [0.25, 0.3) is 0 Å². The molecule has 1 heterocycles. The van der Waals surface area contributed by atoms with Gasteiger partial charge in [-0.25, -0.2) is 0 Å². The molecule has 0 saturated carbocycles. The maximum atomic E-state index is 12.4. The Bertz CT molecular complexity index is 517. The summed E-state index contributed by atoms with van der Waals surface area (Å²) in [5.41, 5.74) is 1.51. The zero-order valence-electron chi connectivity index (χ0n) is 13.4. The number of nitrogens with one attached hydrogen (secondary N) is 2. The van der Waals surface area contributed by atoms with Gasteiger partial charge in [-0.15, -0.1) is 0 Å². The van der Waals surface area contributed by atoms with Crippen LogP contribution in [0.25, 0.3) is 0 Å². The normalized spacial score (nSPS) is 15.7. The fourth-order valence-corrected chi connectivity index (χ4v) is 2.85. The lowest BCUT2D eigenvalue weighted by molar-refractivity contribution is -0.121. The summed E-state index contributed by atoms with van der Waals surface area (Å²) in [4.78, 5) is 12.0. The molecule has 0 atom stereocenters. The van der Waals surface area contributed by atoms with E-state index in [4.69, 9.17) is 0 Å². The van der Waals surface area contributed by atoms with Crippen molar-refractivity contribution in [3.63, 3.8) is 0 Å². The topological polar surface area (TPSA) is 50.4 Å². The standard InChI is InChI=1S/C17H24F2N2O2/c1-12-2-4-15(23-17(18)19)14(10-12)11-21-16(22)5-3-13-6-8-20-9-7-13/h2,4,10,13,17,20H,3,5-9,11H2,1H3,(H,21,22). The maximum Gasteiger partial charge on any atom is 0.387 e. The van der Waals surface area contributed by atoms with E-state index in [-0.39, 0.29) is 18.2 Å². The highest BCUT2D eigenvalue weighted by molar-refractivity contribution is 5.75. The number of halogens is 2. The molecule has 1 aromatic rings. The highest BCUT2D eigenvalue weighted by Crippen LogP contribution is 2.22. The van der Waals surface area contributed by atoms with Gasteiger partial charge in [0.05, 0.1) is 0 Å². The van der Waals surface area contributed by atoms with E-state index in [0.717, 1.165) is 37.9 Å². The predicted octanol–water partition coefficient (Wildman–Crippen LogP) is 2.99. The second-order valence-electron chi connectivity index (χ2n) is 6.00. The number of hydrogen-bond donors (Lipinski definition) is 2. The number of rotatable bonds is 7. The average molecular weight is 326 g/mol. The van der Waals surface area contributed by atoms with Crippen molar-refractivity contribution in [1.29, 1.82) is 0 Å². The SMILES string of the molecule is Cc1ccc(OC(F)F)c(CNC(=O)CCC2CCNCC2)c1. The molecule has 1 aromatic carbocycles.